The third kappa shape index (κ3) is 7.38. The Morgan fingerprint density at radius 3 is 2.16 bits per heavy atom. The first kappa shape index (κ1) is 21.4. The first-order valence-corrected chi connectivity index (χ1v) is 8.99. The van der Waals surface area contributed by atoms with Gasteiger partial charge in [-0.25, -0.2) is 4.79 Å². The number of rotatable bonds is 4. The number of thioether (sulfide) groups is 1. The third-order valence-electron chi connectivity index (χ3n) is 3.10. The zero-order valence-corrected chi connectivity index (χ0v) is 17.2. The Kier molecular flexibility index (Phi) is 6.94. The molecule has 25 heavy (non-hydrogen) atoms. The van der Waals surface area contributed by atoms with Gasteiger partial charge in [-0.2, -0.15) is 0 Å². The van der Waals surface area contributed by atoms with Crippen molar-refractivity contribution in [1.29, 1.82) is 0 Å². The molecule has 0 aromatic heterocycles. The van der Waals surface area contributed by atoms with Gasteiger partial charge in [-0.15, -0.1) is 0 Å². The monoisotopic (exact) mass is 367 g/mol. The van der Waals surface area contributed by atoms with E-state index in [4.69, 9.17) is 9.47 Å². The van der Waals surface area contributed by atoms with Gasteiger partial charge in [0.25, 0.3) is 5.24 Å². The van der Waals surface area contributed by atoms with E-state index in [1.165, 1.54) is 11.8 Å². The van der Waals surface area contributed by atoms with E-state index in [2.05, 4.69) is 20.8 Å². The molecule has 0 aliphatic carbocycles. The number of carbonyl (C=O) groups is 2. The number of amides is 1. The summed E-state index contributed by atoms with van der Waals surface area (Å²) in [5.41, 5.74) is 0.291. The highest BCUT2D eigenvalue weighted by Crippen LogP contribution is 2.36. The Morgan fingerprint density at radius 2 is 1.68 bits per heavy atom. The molecule has 0 unspecified atom stereocenters. The van der Waals surface area contributed by atoms with Gasteiger partial charge in [0.1, 0.15) is 11.4 Å². The van der Waals surface area contributed by atoms with E-state index in [0.29, 0.717) is 5.75 Å². The molecule has 1 aromatic carbocycles. The van der Waals surface area contributed by atoms with Crippen molar-refractivity contribution in [3.8, 4) is 5.75 Å². The van der Waals surface area contributed by atoms with Gasteiger partial charge in [0, 0.05) is 19.0 Å². The maximum atomic E-state index is 12.0. The lowest BCUT2D eigenvalue weighted by molar-refractivity contribution is -0.157. The molecule has 1 aromatic rings. The highest BCUT2D eigenvalue weighted by Gasteiger charge is 2.22. The highest BCUT2D eigenvalue weighted by atomic mass is 32.2. The minimum atomic E-state index is -0.538. The van der Waals surface area contributed by atoms with Gasteiger partial charge in [0.2, 0.25) is 0 Å². The van der Waals surface area contributed by atoms with Crippen LogP contribution < -0.4 is 4.74 Å². The fourth-order valence-electron chi connectivity index (χ4n) is 1.97. The summed E-state index contributed by atoms with van der Waals surface area (Å²) < 4.78 is 10.8. The van der Waals surface area contributed by atoms with E-state index >= 15 is 0 Å². The molecule has 6 heteroatoms. The van der Waals surface area contributed by atoms with Crippen molar-refractivity contribution >= 4 is 23.0 Å². The normalized spacial score (nSPS) is 11.8. The summed E-state index contributed by atoms with van der Waals surface area (Å²) in [6.07, 6.45) is 0. The molecule has 0 aliphatic heterocycles. The molecule has 0 atom stereocenters. The van der Waals surface area contributed by atoms with Gasteiger partial charge >= 0.3 is 5.97 Å². The summed E-state index contributed by atoms with van der Waals surface area (Å²) in [6, 6.07) is 5.51. The molecule has 0 spiro atoms. The van der Waals surface area contributed by atoms with Crippen LogP contribution in [0.4, 0.5) is 4.79 Å². The molecule has 0 saturated heterocycles. The number of nitrogens with zero attached hydrogens (tertiary/aromatic N) is 1. The van der Waals surface area contributed by atoms with Crippen LogP contribution in [0.3, 0.4) is 0 Å². The largest absolute Gasteiger partial charge is 0.482 e. The summed E-state index contributed by atoms with van der Waals surface area (Å²) in [7, 11) is 3.45. The van der Waals surface area contributed by atoms with Crippen LogP contribution in [-0.4, -0.2) is 42.4 Å². The van der Waals surface area contributed by atoms with E-state index in [-0.39, 0.29) is 17.3 Å². The predicted octanol–water partition coefficient (Wildman–Crippen LogP) is 4.48. The van der Waals surface area contributed by atoms with E-state index in [1.54, 1.807) is 25.1 Å². The molecule has 1 amide bonds. The summed E-state index contributed by atoms with van der Waals surface area (Å²) in [4.78, 5) is 26.3. The second kappa shape index (κ2) is 8.13. The van der Waals surface area contributed by atoms with Crippen LogP contribution in [0.1, 0.15) is 47.1 Å². The first-order valence-electron chi connectivity index (χ1n) is 8.18. The van der Waals surface area contributed by atoms with E-state index in [1.807, 2.05) is 32.9 Å². The molecule has 0 aliphatic rings. The second-order valence-electron chi connectivity index (χ2n) is 8.05. The van der Waals surface area contributed by atoms with Gasteiger partial charge in [-0.05, 0) is 61.7 Å². The Balaban J connectivity index is 2.94. The molecule has 0 saturated carbocycles. The third-order valence-corrected chi connectivity index (χ3v) is 4.21. The summed E-state index contributed by atoms with van der Waals surface area (Å²) in [6.45, 7) is 11.5. The van der Waals surface area contributed by atoms with Crippen molar-refractivity contribution in [3.05, 3.63) is 23.8 Å². The number of hydrogen-bond acceptors (Lipinski definition) is 5. The first-order chi connectivity index (χ1) is 11.3. The minimum absolute atomic E-state index is 0.0343. The number of esters is 1. The molecule has 140 valence electrons. The number of carbonyl (C=O) groups excluding carboxylic acids is 2. The Hall–Kier alpha value is -1.69. The number of hydrogen-bond donors (Lipinski definition) is 0. The smallest absolute Gasteiger partial charge is 0.344 e. The van der Waals surface area contributed by atoms with E-state index in [0.717, 1.165) is 10.5 Å². The lowest BCUT2D eigenvalue weighted by Crippen LogP contribution is -2.27. The quantitative estimate of drug-likeness (QED) is 0.580. The fourth-order valence-corrected chi connectivity index (χ4v) is 2.95. The molecule has 1 rings (SSSR count). The zero-order valence-electron chi connectivity index (χ0n) is 16.4. The lowest BCUT2D eigenvalue weighted by Gasteiger charge is -2.24. The van der Waals surface area contributed by atoms with E-state index in [9.17, 15) is 9.59 Å². The van der Waals surface area contributed by atoms with Gasteiger partial charge in [0.15, 0.2) is 6.61 Å². The van der Waals surface area contributed by atoms with Crippen molar-refractivity contribution in [3.63, 3.8) is 0 Å². The zero-order chi connectivity index (χ0) is 19.4. The van der Waals surface area contributed by atoms with Crippen LogP contribution in [0, 0.1) is 0 Å². The average Bonchev–Trinajstić information content (AvgIpc) is 2.43. The van der Waals surface area contributed by atoms with Crippen LogP contribution in [0.2, 0.25) is 0 Å². The van der Waals surface area contributed by atoms with Crippen molar-refractivity contribution in [2.75, 3.05) is 20.7 Å². The molecular weight excluding hydrogens is 338 g/mol. The molecule has 0 radical (unpaired) electrons. The van der Waals surface area contributed by atoms with Crippen molar-refractivity contribution in [2.45, 2.75) is 57.5 Å². The molecule has 0 bridgehead atoms. The van der Waals surface area contributed by atoms with Gasteiger partial charge in [-0.3, -0.25) is 4.79 Å². The van der Waals surface area contributed by atoms with Gasteiger partial charge in [-0.1, -0.05) is 20.8 Å². The van der Waals surface area contributed by atoms with Crippen LogP contribution >= 0.6 is 11.8 Å². The van der Waals surface area contributed by atoms with Crippen molar-refractivity contribution in [2.24, 2.45) is 0 Å². The SMILES string of the molecule is CN(C)C(=O)Sc1ccc(OCC(=O)OC(C)(C)C)cc1C(C)(C)C. The van der Waals surface area contributed by atoms with Gasteiger partial charge in [0.05, 0.1) is 0 Å². The standard InChI is InChI=1S/C19H29NO4S/c1-18(2,3)14-11-13(23-12-16(21)24-19(4,5)6)9-10-15(14)25-17(22)20(7)8/h9-11H,12H2,1-8H3. The van der Waals surface area contributed by atoms with E-state index < -0.39 is 11.6 Å². The average molecular weight is 368 g/mol. The summed E-state index contributed by atoms with van der Waals surface area (Å²) >= 11 is 1.19. The minimum Gasteiger partial charge on any atom is -0.482 e. The summed E-state index contributed by atoms with van der Waals surface area (Å²) in [5.74, 6) is 0.170. The number of benzene rings is 1. The van der Waals surface area contributed by atoms with Crippen LogP contribution in [-0.2, 0) is 14.9 Å². The maximum Gasteiger partial charge on any atom is 0.344 e. The van der Waals surface area contributed by atoms with Gasteiger partial charge < -0.3 is 14.4 Å². The topological polar surface area (TPSA) is 55.8 Å². The highest BCUT2D eigenvalue weighted by molar-refractivity contribution is 8.13. The Labute approximate surface area is 155 Å². The predicted molar refractivity (Wildman–Crippen MR) is 101 cm³/mol. The maximum absolute atomic E-state index is 12.0. The molecule has 0 N–H and O–H groups in total. The molecular formula is C19H29NO4S. The fraction of sp³-hybridized carbons (Fsp3) is 0.579. The molecule has 0 fully saturated rings. The Bertz CT molecular complexity index is 627. The number of ether oxygens (including phenoxy) is 2. The molecule has 0 heterocycles. The Morgan fingerprint density at radius 1 is 1.08 bits per heavy atom. The molecule has 5 nitrogen and oxygen atoms in total. The van der Waals surface area contributed by atoms with Crippen molar-refractivity contribution in [1.82, 2.24) is 4.90 Å². The van der Waals surface area contributed by atoms with Crippen LogP contribution in [0.5, 0.6) is 5.75 Å². The second-order valence-corrected chi connectivity index (χ2v) is 9.04. The van der Waals surface area contributed by atoms with Crippen LogP contribution in [0.15, 0.2) is 23.1 Å². The van der Waals surface area contributed by atoms with Crippen molar-refractivity contribution < 1.29 is 19.1 Å². The summed E-state index contributed by atoms with van der Waals surface area (Å²) in [5, 5.41) is -0.0343. The lowest BCUT2D eigenvalue weighted by atomic mass is 9.87. The van der Waals surface area contributed by atoms with Crippen LogP contribution in [0.25, 0.3) is 0 Å².